The number of hydrogen-bond acceptors (Lipinski definition) is 6. The van der Waals surface area contributed by atoms with E-state index in [-0.39, 0.29) is 29.1 Å². The van der Waals surface area contributed by atoms with Crippen molar-refractivity contribution >= 4 is 21.7 Å². The van der Waals surface area contributed by atoms with E-state index in [2.05, 4.69) is 32.3 Å². The smallest absolute Gasteiger partial charge is 0.270 e. The van der Waals surface area contributed by atoms with Gasteiger partial charge < -0.3 is 10.2 Å². The lowest BCUT2D eigenvalue weighted by Crippen LogP contribution is -2.37. The Morgan fingerprint density at radius 2 is 2.00 bits per heavy atom. The second kappa shape index (κ2) is 6.68. The van der Waals surface area contributed by atoms with E-state index in [1.807, 2.05) is 12.1 Å². The highest BCUT2D eigenvalue weighted by Crippen LogP contribution is 2.22. The van der Waals surface area contributed by atoms with Gasteiger partial charge in [0.1, 0.15) is 5.69 Å². The van der Waals surface area contributed by atoms with E-state index in [1.165, 1.54) is 11.1 Å². The summed E-state index contributed by atoms with van der Waals surface area (Å²) in [6, 6.07) is 9.50. The van der Waals surface area contributed by atoms with Crippen LogP contribution in [-0.4, -0.2) is 48.4 Å². The van der Waals surface area contributed by atoms with E-state index in [1.54, 1.807) is 12.3 Å². The van der Waals surface area contributed by atoms with E-state index in [0.717, 1.165) is 13.0 Å². The molecule has 0 radical (unpaired) electrons. The van der Waals surface area contributed by atoms with Crippen molar-refractivity contribution in [2.75, 3.05) is 23.0 Å². The largest absolute Gasteiger partial charge is 0.347 e. The van der Waals surface area contributed by atoms with E-state index < -0.39 is 9.84 Å². The molecule has 0 saturated carbocycles. The lowest BCUT2D eigenvalue weighted by Gasteiger charge is -2.28. The third-order valence-electron chi connectivity index (χ3n) is 4.86. The van der Waals surface area contributed by atoms with Gasteiger partial charge in [0.15, 0.2) is 9.84 Å². The Bertz CT molecular complexity index is 945. The van der Waals surface area contributed by atoms with Crippen molar-refractivity contribution < 1.29 is 13.2 Å². The van der Waals surface area contributed by atoms with Gasteiger partial charge in [-0.1, -0.05) is 24.3 Å². The van der Waals surface area contributed by atoms with E-state index in [0.29, 0.717) is 18.9 Å². The number of carbonyl (C=O) groups excluding carboxylic acids is 1. The van der Waals surface area contributed by atoms with Gasteiger partial charge in [0.25, 0.3) is 5.91 Å². The first kappa shape index (κ1) is 17.0. The fourth-order valence-corrected chi connectivity index (χ4v) is 5.14. The van der Waals surface area contributed by atoms with Gasteiger partial charge >= 0.3 is 0 Å². The van der Waals surface area contributed by atoms with Gasteiger partial charge in [0, 0.05) is 25.3 Å². The molecule has 1 atom stereocenters. The number of rotatable bonds is 3. The molecule has 136 valence electrons. The molecule has 4 rings (SSSR count). The fourth-order valence-electron chi connectivity index (χ4n) is 3.46. The molecule has 2 aliphatic rings. The maximum absolute atomic E-state index is 12.4. The van der Waals surface area contributed by atoms with Gasteiger partial charge in [0.05, 0.1) is 11.5 Å². The second-order valence-corrected chi connectivity index (χ2v) is 8.98. The average molecular weight is 372 g/mol. The van der Waals surface area contributed by atoms with Crippen LogP contribution in [0.2, 0.25) is 0 Å². The predicted molar refractivity (Wildman–Crippen MR) is 97.8 cm³/mol. The van der Waals surface area contributed by atoms with Gasteiger partial charge in [-0.05, 0) is 30.0 Å². The molecular weight excluding hydrogens is 352 g/mol. The predicted octanol–water partition coefficient (Wildman–Crippen LogP) is 0.956. The molecule has 2 aromatic rings. The SMILES string of the molecule is O=C(NC1CCS(=O)(=O)C1)c1ccnc(N2CCc3ccccc3C2)n1. The zero-order chi connectivity index (χ0) is 18.1. The third kappa shape index (κ3) is 3.55. The van der Waals surface area contributed by atoms with Crippen LogP contribution < -0.4 is 10.2 Å². The zero-order valence-corrected chi connectivity index (χ0v) is 15.1. The highest BCUT2D eigenvalue weighted by molar-refractivity contribution is 7.91. The Labute approximate surface area is 152 Å². The molecule has 1 aromatic carbocycles. The minimum absolute atomic E-state index is 0.000407. The quantitative estimate of drug-likeness (QED) is 0.863. The normalized spacial score (nSPS) is 21.2. The topological polar surface area (TPSA) is 92.3 Å². The number of benzene rings is 1. The molecule has 26 heavy (non-hydrogen) atoms. The fraction of sp³-hybridized carbons (Fsp3) is 0.389. The number of amides is 1. The Balaban J connectivity index is 1.48. The van der Waals surface area contributed by atoms with E-state index in [9.17, 15) is 13.2 Å². The molecule has 1 fully saturated rings. The first-order chi connectivity index (χ1) is 12.5. The first-order valence-corrected chi connectivity index (χ1v) is 10.5. The maximum atomic E-state index is 12.4. The van der Waals surface area contributed by atoms with Crippen LogP contribution in [-0.2, 0) is 22.8 Å². The zero-order valence-electron chi connectivity index (χ0n) is 14.3. The number of nitrogens with one attached hydrogen (secondary N) is 1. The number of aromatic nitrogens is 2. The van der Waals surface area contributed by atoms with E-state index in [4.69, 9.17) is 0 Å². The highest BCUT2D eigenvalue weighted by Gasteiger charge is 2.29. The molecular formula is C18H20N4O3S. The van der Waals surface area contributed by atoms with Crippen LogP contribution in [0.5, 0.6) is 0 Å². The highest BCUT2D eigenvalue weighted by atomic mass is 32.2. The van der Waals surface area contributed by atoms with Crippen LogP contribution in [0.1, 0.15) is 28.0 Å². The van der Waals surface area contributed by atoms with Gasteiger partial charge in [-0.25, -0.2) is 18.4 Å². The summed E-state index contributed by atoms with van der Waals surface area (Å²) in [4.78, 5) is 23.2. The summed E-state index contributed by atoms with van der Waals surface area (Å²) in [5.74, 6) is 0.291. The summed E-state index contributed by atoms with van der Waals surface area (Å²) in [7, 11) is -3.03. The van der Waals surface area contributed by atoms with Crippen LogP contribution in [0, 0.1) is 0 Å². The molecule has 0 bridgehead atoms. The Kier molecular flexibility index (Phi) is 4.36. The lowest BCUT2D eigenvalue weighted by atomic mass is 10.0. The third-order valence-corrected chi connectivity index (χ3v) is 6.62. The minimum Gasteiger partial charge on any atom is -0.347 e. The number of anilines is 1. The van der Waals surface area contributed by atoms with Crippen molar-refractivity contribution in [1.82, 2.24) is 15.3 Å². The second-order valence-electron chi connectivity index (χ2n) is 6.76. The summed E-state index contributed by atoms with van der Waals surface area (Å²) in [5, 5.41) is 2.77. The number of hydrogen-bond donors (Lipinski definition) is 1. The van der Waals surface area contributed by atoms with Crippen molar-refractivity contribution in [3.05, 3.63) is 53.3 Å². The van der Waals surface area contributed by atoms with Crippen LogP contribution >= 0.6 is 0 Å². The van der Waals surface area contributed by atoms with Gasteiger partial charge in [-0.3, -0.25) is 4.79 Å². The van der Waals surface area contributed by atoms with Crippen LogP contribution in [0.15, 0.2) is 36.5 Å². The minimum atomic E-state index is -3.03. The van der Waals surface area contributed by atoms with Gasteiger partial charge in [-0.15, -0.1) is 0 Å². The summed E-state index contributed by atoms with van der Waals surface area (Å²) in [6.45, 7) is 1.51. The van der Waals surface area contributed by atoms with Crippen molar-refractivity contribution in [2.45, 2.75) is 25.4 Å². The summed E-state index contributed by atoms with van der Waals surface area (Å²) < 4.78 is 23.1. The molecule has 0 spiro atoms. The number of sulfone groups is 1. The van der Waals surface area contributed by atoms with Crippen LogP contribution in [0.4, 0.5) is 5.95 Å². The van der Waals surface area contributed by atoms with Gasteiger partial charge in [0.2, 0.25) is 5.95 Å². The number of fused-ring (bicyclic) bond motifs is 1. The summed E-state index contributed by atoms with van der Waals surface area (Å²) >= 11 is 0. The number of nitrogens with zero attached hydrogens (tertiary/aromatic N) is 3. The van der Waals surface area contributed by atoms with Crippen molar-refractivity contribution in [1.29, 1.82) is 0 Å². The number of carbonyl (C=O) groups is 1. The first-order valence-electron chi connectivity index (χ1n) is 8.66. The molecule has 3 heterocycles. The molecule has 1 amide bonds. The van der Waals surface area contributed by atoms with Crippen molar-refractivity contribution in [3.63, 3.8) is 0 Å². The van der Waals surface area contributed by atoms with Crippen LogP contribution in [0.3, 0.4) is 0 Å². The monoisotopic (exact) mass is 372 g/mol. The van der Waals surface area contributed by atoms with Gasteiger partial charge in [-0.2, -0.15) is 0 Å². The molecule has 0 aliphatic carbocycles. The summed E-state index contributed by atoms with van der Waals surface area (Å²) in [6.07, 6.45) is 2.94. The summed E-state index contributed by atoms with van der Waals surface area (Å²) in [5.41, 5.74) is 2.84. The average Bonchev–Trinajstić information content (AvgIpc) is 2.99. The maximum Gasteiger partial charge on any atom is 0.270 e. The Morgan fingerprint density at radius 3 is 2.77 bits per heavy atom. The Hall–Kier alpha value is -2.48. The molecule has 2 aliphatic heterocycles. The molecule has 1 aromatic heterocycles. The molecule has 7 nitrogen and oxygen atoms in total. The Morgan fingerprint density at radius 1 is 1.19 bits per heavy atom. The molecule has 8 heteroatoms. The van der Waals surface area contributed by atoms with E-state index >= 15 is 0 Å². The molecule has 1 unspecified atom stereocenters. The standard InChI is InChI=1S/C18H20N4O3S/c23-17(20-15-7-10-26(24,25)12-15)16-5-8-19-18(21-16)22-9-6-13-3-1-2-4-14(13)11-22/h1-5,8,15H,6-7,9-12H2,(H,20,23). The van der Waals surface area contributed by atoms with Crippen molar-refractivity contribution in [2.24, 2.45) is 0 Å². The van der Waals surface area contributed by atoms with Crippen LogP contribution in [0.25, 0.3) is 0 Å². The molecule has 1 N–H and O–H groups in total. The van der Waals surface area contributed by atoms with Crippen molar-refractivity contribution in [3.8, 4) is 0 Å². The molecule has 1 saturated heterocycles. The lowest BCUT2D eigenvalue weighted by molar-refractivity contribution is 0.0936.